The number of hydrogen-bond acceptors (Lipinski definition) is 5. The van der Waals surface area contributed by atoms with E-state index in [1.165, 1.54) is 4.90 Å². The third-order valence-corrected chi connectivity index (χ3v) is 6.44. The number of fused-ring (bicyclic) bond motifs is 5. The van der Waals surface area contributed by atoms with Gasteiger partial charge in [-0.15, -0.1) is 24.0 Å². The fourth-order valence-corrected chi connectivity index (χ4v) is 4.96. The van der Waals surface area contributed by atoms with Crippen molar-refractivity contribution in [3.05, 3.63) is 35.9 Å². The second-order valence-corrected chi connectivity index (χ2v) is 8.13. The second kappa shape index (κ2) is 10.5. The number of halogens is 1. The van der Waals surface area contributed by atoms with Crippen LogP contribution in [0.25, 0.3) is 0 Å². The highest BCUT2D eigenvalue weighted by Gasteiger charge is 2.58. The maximum Gasteiger partial charge on any atom is 0.233 e. The molecule has 2 bridgehead atoms. The van der Waals surface area contributed by atoms with Crippen molar-refractivity contribution in [2.24, 2.45) is 28.7 Å². The Morgan fingerprint density at radius 3 is 2.38 bits per heavy atom. The van der Waals surface area contributed by atoms with Crippen LogP contribution in [0.3, 0.4) is 0 Å². The Morgan fingerprint density at radius 2 is 1.78 bits per heavy atom. The molecule has 4 rings (SSSR count). The average molecular weight is 554 g/mol. The number of nitrogens with one attached hydrogen (secondary N) is 2. The van der Waals surface area contributed by atoms with Gasteiger partial charge in [0.25, 0.3) is 0 Å². The summed E-state index contributed by atoms with van der Waals surface area (Å²) in [6.45, 7) is 3.91. The number of aliphatic imine (C=N–C) groups is 1. The molecule has 1 aliphatic heterocycles. The van der Waals surface area contributed by atoms with Gasteiger partial charge in [0.2, 0.25) is 11.8 Å². The lowest BCUT2D eigenvalue weighted by molar-refractivity contribution is -0.140. The Kier molecular flexibility index (Phi) is 8.02. The summed E-state index contributed by atoms with van der Waals surface area (Å²) >= 11 is 0. The molecule has 2 amide bonds. The average Bonchev–Trinajstić information content (AvgIpc) is 3.47. The van der Waals surface area contributed by atoms with E-state index in [4.69, 9.17) is 9.47 Å². The van der Waals surface area contributed by atoms with Gasteiger partial charge in [0.15, 0.2) is 5.96 Å². The molecule has 32 heavy (non-hydrogen) atoms. The SMILES string of the molecule is CCNC(=NCc1ccc(OC)cc1OC)NCCN1C(=O)C2C3C=CC(C3)C2C1=O.I. The minimum atomic E-state index is -0.146. The summed E-state index contributed by atoms with van der Waals surface area (Å²) in [5.41, 5.74) is 0.932. The van der Waals surface area contributed by atoms with E-state index >= 15 is 0 Å². The summed E-state index contributed by atoms with van der Waals surface area (Å²) in [6.07, 6.45) is 5.18. The van der Waals surface area contributed by atoms with Crippen LogP contribution in [0.4, 0.5) is 0 Å². The number of allylic oxidation sites excluding steroid dienone is 2. The number of guanidine groups is 1. The molecule has 1 heterocycles. The fourth-order valence-electron chi connectivity index (χ4n) is 4.96. The third-order valence-electron chi connectivity index (χ3n) is 6.44. The summed E-state index contributed by atoms with van der Waals surface area (Å²) in [5, 5.41) is 6.43. The zero-order valence-corrected chi connectivity index (χ0v) is 21.0. The molecule has 0 aromatic heterocycles. The fraction of sp³-hybridized carbons (Fsp3) is 0.522. The Bertz CT molecular complexity index is 889. The molecule has 1 aromatic carbocycles. The van der Waals surface area contributed by atoms with E-state index in [2.05, 4.69) is 27.8 Å². The van der Waals surface area contributed by atoms with Crippen molar-refractivity contribution in [1.82, 2.24) is 15.5 Å². The zero-order valence-electron chi connectivity index (χ0n) is 18.7. The van der Waals surface area contributed by atoms with Gasteiger partial charge in [-0.25, -0.2) is 4.99 Å². The molecule has 1 aromatic rings. The zero-order chi connectivity index (χ0) is 22.0. The van der Waals surface area contributed by atoms with Gasteiger partial charge in [-0.1, -0.05) is 12.2 Å². The lowest BCUT2D eigenvalue weighted by Gasteiger charge is -2.18. The smallest absolute Gasteiger partial charge is 0.233 e. The lowest BCUT2D eigenvalue weighted by Crippen LogP contribution is -2.43. The van der Waals surface area contributed by atoms with Crippen molar-refractivity contribution in [3.8, 4) is 11.5 Å². The number of amides is 2. The van der Waals surface area contributed by atoms with Crippen molar-refractivity contribution in [2.45, 2.75) is 19.9 Å². The van der Waals surface area contributed by atoms with E-state index < -0.39 is 0 Å². The topological polar surface area (TPSA) is 92.3 Å². The lowest BCUT2D eigenvalue weighted by atomic mass is 9.85. The van der Waals surface area contributed by atoms with Crippen molar-refractivity contribution in [2.75, 3.05) is 33.9 Å². The number of rotatable bonds is 8. The van der Waals surface area contributed by atoms with E-state index in [9.17, 15) is 9.59 Å². The first-order valence-corrected chi connectivity index (χ1v) is 10.8. The van der Waals surface area contributed by atoms with Crippen LogP contribution >= 0.6 is 24.0 Å². The maximum atomic E-state index is 12.8. The van der Waals surface area contributed by atoms with Crippen LogP contribution in [-0.4, -0.2) is 56.5 Å². The summed E-state index contributed by atoms with van der Waals surface area (Å²) in [4.78, 5) is 31.6. The van der Waals surface area contributed by atoms with Gasteiger partial charge in [-0.2, -0.15) is 0 Å². The molecule has 2 N–H and O–H groups in total. The van der Waals surface area contributed by atoms with Gasteiger partial charge in [0.05, 0.1) is 32.6 Å². The molecule has 4 atom stereocenters. The molecule has 2 fully saturated rings. The van der Waals surface area contributed by atoms with Crippen LogP contribution in [0.15, 0.2) is 35.3 Å². The molecule has 174 valence electrons. The third kappa shape index (κ3) is 4.57. The van der Waals surface area contributed by atoms with Gasteiger partial charge in [0.1, 0.15) is 11.5 Å². The normalized spacial score (nSPS) is 25.6. The molecule has 1 saturated heterocycles. The van der Waals surface area contributed by atoms with Crippen LogP contribution in [0.1, 0.15) is 18.9 Å². The minimum absolute atomic E-state index is 0. The van der Waals surface area contributed by atoms with E-state index in [0.717, 1.165) is 17.7 Å². The van der Waals surface area contributed by atoms with Crippen molar-refractivity contribution >= 4 is 41.8 Å². The molecule has 8 nitrogen and oxygen atoms in total. The van der Waals surface area contributed by atoms with Crippen LogP contribution in [0.5, 0.6) is 11.5 Å². The van der Waals surface area contributed by atoms with E-state index in [0.29, 0.717) is 37.9 Å². The molecule has 2 aliphatic carbocycles. The van der Waals surface area contributed by atoms with E-state index in [-0.39, 0.29) is 59.5 Å². The first kappa shape index (κ1) is 24.3. The summed E-state index contributed by atoms with van der Waals surface area (Å²) in [6, 6.07) is 5.62. The maximum absolute atomic E-state index is 12.8. The van der Waals surface area contributed by atoms with Crippen LogP contribution in [0.2, 0.25) is 0 Å². The highest BCUT2D eigenvalue weighted by atomic mass is 127. The highest BCUT2D eigenvalue weighted by molar-refractivity contribution is 14.0. The Morgan fingerprint density at radius 1 is 1.09 bits per heavy atom. The van der Waals surface area contributed by atoms with Gasteiger partial charge in [-0.05, 0) is 37.3 Å². The standard InChI is InChI=1S/C23H30N4O4.HI/c1-4-24-23(26-13-16-7-8-17(30-2)12-18(16)31-3)25-9-10-27-21(28)19-14-5-6-15(11-14)20(19)22(27)29;/h5-8,12,14-15,19-20H,4,9-11,13H2,1-3H3,(H2,24,25,26);1H. The first-order valence-electron chi connectivity index (χ1n) is 10.8. The van der Waals surface area contributed by atoms with Crippen molar-refractivity contribution < 1.29 is 19.1 Å². The Hall–Kier alpha value is -2.30. The number of ether oxygens (including phenoxy) is 2. The van der Waals surface area contributed by atoms with Crippen LogP contribution < -0.4 is 20.1 Å². The first-order chi connectivity index (χ1) is 15.1. The molecule has 3 aliphatic rings. The number of carbonyl (C=O) groups is 2. The summed E-state index contributed by atoms with van der Waals surface area (Å²) in [7, 11) is 3.23. The highest BCUT2D eigenvalue weighted by Crippen LogP contribution is 2.52. The predicted molar refractivity (Wildman–Crippen MR) is 132 cm³/mol. The van der Waals surface area contributed by atoms with Crippen molar-refractivity contribution in [3.63, 3.8) is 0 Å². The number of likely N-dealkylation sites (tertiary alicyclic amines) is 1. The molecular weight excluding hydrogens is 523 g/mol. The minimum Gasteiger partial charge on any atom is -0.497 e. The number of hydrogen-bond donors (Lipinski definition) is 2. The molecule has 4 unspecified atom stereocenters. The van der Waals surface area contributed by atoms with Gasteiger partial charge < -0.3 is 20.1 Å². The molecule has 9 heteroatoms. The number of methoxy groups -OCH3 is 2. The van der Waals surface area contributed by atoms with Gasteiger partial charge >= 0.3 is 0 Å². The summed E-state index contributed by atoms with van der Waals surface area (Å²) < 4.78 is 10.7. The molecule has 0 spiro atoms. The second-order valence-electron chi connectivity index (χ2n) is 8.13. The largest absolute Gasteiger partial charge is 0.497 e. The Labute approximate surface area is 205 Å². The molecule has 1 saturated carbocycles. The van der Waals surface area contributed by atoms with Gasteiger partial charge in [-0.3, -0.25) is 14.5 Å². The number of imide groups is 1. The van der Waals surface area contributed by atoms with Crippen LogP contribution in [-0.2, 0) is 16.1 Å². The number of nitrogens with zero attached hydrogens (tertiary/aromatic N) is 2. The Balaban J connectivity index is 0.00000289. The quantitative estimate of drug-likeness (QED) is 0.168. The number of benzene rings is 1. The van der Waals surface area contributed by atoms with E-state index in [1.807, 2.05) is 25.1 Å². The van der Waals surface area contributed by atoms with Gasteiger partial charge in [0, 0.05) is 31.3 Å². The monoisotopic (exact) mass is 554 g/mol. The van der Waals surface area contributed by atoms with E-state index in [1.54, 1.807) is 14.2 Å². The van der Waals surface area contributed by atoms with Crippen LogP contribution in [0, 0.1) is 23.7 Å². The molecule has 0 radical (unpaired) electrons. The molecular formula is C23H31IN4O4. The number of carbonyl (C=O) groups excluding carboxylic acids is 2. The predicted octanol–water partition coefficient (Wildman–Crippen LogP) is 2.18. The summed E-state index contributed by atoms with van der Waals surface area (Å²) in [5.74, 6) is 2.22. The van der Waals surface area contributed by atoms with Crippen molar-refractivity contribution in [1.29, 1.82) is 0 Å².